The van der Waals surface area contributed by atoms with Gasteiger partial charge in [-0.05, 0) is 25.0 Å². The molecule has 0 spiro atoms. The molecule has 0 aliphatic carbocycles. The van der Waals surface area contributed by atoms with E-state index in [1.54, 1.807) is 6.20 Å². The maximum absolute atomic E-state index is 14.6. The highest BCUT2D eigenvalue weighted by Gasteiger charge is 2.46. The molecule has 4 heterocycles. The Morgan fingerprint density at radius 2 is 2.27 bits per heavy atom. The van der Waals surface area contributed by atoms with Gasteiger partial charge in [-0.2, -0.15) is 0 Å². The number of aromatic nitrogens is 1. The summed E-state index contributed by atoms with van der Waals surface area (Å²) >= 11 is 8.05. The molecule has 4 unspecified atom stereocenters. The topological polar surface area (TPSA) is 76.0 Å². The number of esters is 1. The van der Waals surface area contributed by atoms with Crippen molar-refractivity contribution in [3.05, 3.63) is 62.2 Å². The molecular formula is C23H24ClFN4O3S. The van der Waals surface area contributed by atoms with E-state index in [2.05, 4.69) is 15.2 Å². The number of alkyl halides is 1. The first-order valence-electron chi connectivity index (χ1n) is 10.8. The summed E-state index contributed by atoms with van der Waals surface area (Å²) in [6.45, 7) is 3.10. The Bertz CT molecular complexity index is 1120. The van der Waals surface area contributed by atoms with Crippen LogP contribution in [0.2, 0.25) is 5.02 Å². The van der Waals surface area contributed by atoms with Crippen molar-refractivity contribution in [1.29, 1.82) is 0 Å². The lowest BCUT2D eigenvalue weighted by atomic mass is 9.94. The molecular weight excluding hydrogens is 467 g/mol. The molecule has 4 atom stereocenters. The second-order valence-electron chi connectivity index (χ2n) is 8.43. The number of hydrogen-bond acceptors (Lipinski definition) is 8. The standard InChI is InChI=1S/C23H24ClFN4O3S/c1-12-3-4-14(15(24)7-12)20-19(23(30)31-2)17(27-21(28-20)22-26-5-6-33-22)9-29-13-8-16(25)18(29)11-32-10-13/h3-7,13,16,18,20H,8-11H2,1-2H3,(H,27,28). The number of nitrogens with one attached hydrogen (secondary N) is 1. The van der Waals surface area contributed by atoms with Gasteiger partial charge in [0.1, 0.15) is 12.2 Å². The maximum atomic E-state index is 14.6. The highest BCUT2D eigenvalue weighted by Crippen LogP contribution is 2.38. The number of nitrogens with zero attached hydrogens (tertiary/aromatic N) is 3. The molecule has 2 saturated heterocycles. The second-order valence-corrected chi connectivity index (χ2v) is 9.74. The molecule has 2 fully saturated rings. The predicted molar refractivity (Wildman–Crippen MR) is 124 cm³/mol. The Kier molecular flexibility index (Phi) is 6.22. The molecule has 0 radical (unpaired) electrons. The molecule has 0 amide bonds. The van der Waals surface area contributed by atoms with Crippen LogP contribution in [0.25, 0.3) is 0 Å². The number of amidine groups is 1. The number of carbonyl (C=O) groups excluding carboxylic acids is 1. The van der Waals surface area contributed by atoms with Gasteiger partial charge in [0.25, 0.3) is 0 Å². The SMILES string of the molecule is COC(=O)C1=C(CN2C3COCC2C(F)C3)NC(c2nccs2)=NC1c1ccc(C)cc1Cl. The molecule has 3 aliphatic heterocycles. The number of hydrogen-bond donors (Lipinski definition) is 1. The van der Waals surface area contributed by atoms with E-state index in [-0.39, 0.29) is 12.1 Å². The molecule has 33 heavy (non-hydrogen) atoms. The van der Waals surface area contributed by atoms with Crippen molar-refractivity contribution in [2.75, 3.05) is 26.9 Å². The van der Waals surface area contributed by atoms with E-state index in [9.17, 15) is 9.18 Å². The van der Waals surface area contributed by atoms with Gasteiger partial charge < -0.3 is 14.8 Å². The fourth-order valence-electron chi connectivity index (χ4n) is 4.75. The van der Waals surface area contributed by atoms with Gasteiger partial charge in [-0.15, -0.1) is 11.3 Å². The Balaban J connectivity index is 1.61. The zero-order chi connectivity index (χ0) is 23.1. The number of carbonyl (C=O) groups is 1. The fourth-order valence-corrected chi connectivity index (χ4v) is 5.67. The molecule has 7 nitrogen and oxygen atoms in total. The highest BCUT2D eigenvalue weighted by atomic mass is 35.5. The first-order valence-corrected chi connectivity index (χ1v) is 12.0. The number of aryl methyl sites for hydroxylation is 1. The number of methoxy groups -OCH3 is 1. The molecule has 1 N–H and O–H groups in total. The summed E-state index contributed by atoms with van der Waals surface area (Å²) < 4.78 is 25.4. The van der Waals surface area contributed by atoms with Crippen LogP contribution in [0.4, 0.5) is 4.39 Å². The minimum absolute atomic E-state index is 0.0458. The molecule has 5 rings (SSSR count). The van der Waals surface area contributed by atoms with Gasteiger partial charge in [0.15, 0.2) is 10.8 Å². The summed E-state index contributed by atoms with van der Waals surface area (Å²) in [6.07, 6.45) is 1.16. The Labute approximate surface area is 200 Å². The van der Waals surface area contributed by atoms with E-state index in [1.165, 1.54) is 18.4 Å². The van der Waals surface area contributed by atoms with Crippen LogP contribution in [0.5, 0.6) is 0 Å². The van der Waals surface area contributed by atoms with Crippen LogP contribution in [0.15, 0.2) is 46.0 Å². The van der Waals surface area contributed by atoms with Gasteiger partial charge in [0.05, 0.1) is 31.9 Å². The Morgan fingerprint density at radius 3 is 2.97 bits per heavy atom. The average Bonchev–Trinajstić information content (AvgIpc) is 3.38. The van der Waals surface area contributed by atoms with E-state index in [0.717, 1.165) is 5.56 Å². The third-order valence-corrected chi connectivity index (χ3v) is 7.47. The number of morpholine rings is 1. The van der Waals surface area contributed by atoms with Crippen LogP contribution in [0.3, 0.4) is 0 Å². The monoisotopic (exact) mass is 490 g/mol. The molecule has 1 aromatic heterocycles. The third-order valence-electron chi connectivity index (χ3n) is 6.37. The molecule has 0 saturated carbocycles. The van der Waals surface area contributed by atoms with Crippen LogP contribution < -0.4 is 5.32 Å². The van der Waals surface area contributed by atoms with Crippen molar-refractivity contribution in [1.82, 2.24) is 15.2 Å². The van der Waals surface area contributed by atoms with Gasteiger partial charge in [0, 0.05) is 40.4 Å². The molecule has 3 aliphatic rings. The van der Waals surface area contributed by atoms with Crippen LogP contribution >= 0.6 is 22.9 Å². The number of aliphatic imine (C=N–C) groups is 1. The largest absolute Gasteiger partial charge is 0.466 e. The molecule has 10 heteroatoms. The van der Waals surface area contributed by atoms with E-state index in [0.29, 0.717) is 58.9 Å². The number of benzene rings is 1. The first-order chi connectivity index (χ1) is 16.0. The Morgan fingerprint density at radius 1 is 1.42 bits per heavy atom. The van der Waals surface area contributed by atoms with Crippen molar-refractivity contribution in [3.63, 3.8) is 0 Å². The van der Waals surface area contributed by atoms with Crippen molar-refractivity contribution < 1.29 is 18.7 Å². The first kappa shape index (κ1) is 22.5. The van der Waals surface area contributed by atoms with Gasteiger partial charge in [-0.1, -0.05) is 23.7 Å². The zero-order valence-electron chi connectivity index (χ0n) is 18.3. The lowest BCUT2D eigenvalue weighted by Crippen LogP contribution is -2.50. The van der Waals surface area contributed by atoms with Gasteiger partial charge in [-0.3, -0.25) is 9.89 Å². The van der Waals surface area contributed by atoms with Gasteiger partial charge >= 0.3 is 5.97 Å². The predicted octanol–water partition coefficient (Wildman–Crippen LogP) is 3.43. The normalized spacial score (nSPS) is 27.3. The molecule has 2 aromatic rings. The summed E-state index contributed by atoms with van der Waals surface area (Å²) in [6, 6.07) is 4.60. The van der Waals surface area contributed by atoms with Crippen LogP contribution in [0.1, 0.15) is 28.6 Å². The number of thiazole rings is 1. The number of fused-ring (bicyclic) bond motifs is 2. The van der Waals surface area contributed by atoms with E-state index >= 15 is 0 Å². The van der Waals surface area contributed by atoms with E-state index < -0.39 is 18.2 Å². The van der Waals surface area contributed by atoms with E-state index in [1.807, 2.05) is 30.5 Å². The minimum Gasteiger partial charge on any atom is -0.466 e. The third kappa shape index (κ3) is 4.19. The summed E-state index contributed by atoms with van der Waals surface area (Å²) in [7, 11) is 1.34. The quantitative estimate of drug-likeness (QED) is 0.647. The van der Waals surface area contributed by atoms with Crippen molar-refractivity contribution in [2.45, 2.75) is 37.6 Å². The molecule has 2 bridgehead atoms. The second kappa shape index (κ2) is 9.13. The average molecular weight is 491 g/mol. The van der Waals surface area contributed by atoms with Gasteiger partial charge in [-0.25, -0.2) is 14.2 Å². The summed E-state index contributed by atoms with van der Waals surface area (Å²) in [4.78, 5) is 24.4. The van der Waals surface area contributed by atoms with Crippen LogP contribution in [0, 0.1) is 6.92 Å². The number of rotatable bonds is 5. The van der Waals surface area contributed by atoms with Crippen LogP contribution in [-0.2, 0) is 14.3 Å². The van der Waals surface area contributed by atoms with Crippen LogP contribution in [-0.4, -0.2) is 66.8 Å². The van der Waals surface area contributed by atoms with Crippen molar-refractivity contribution in [3.8, 4) is 0 Å². The van der Waals surface area contributed by atoms with Crippen molar-refractivity contribution in [2.24, 2.45) is 4.99 Å². The summed E-state index contributed by atoms with van der Waals surface area (Å²) in [5.41, 5.74) is 2.69. The lowest BCUT2D eigenvalue weighted by Gasteiger charge is -2.37. The molecule has 174 valence electrons. The number of halogens is 2. The highest BCUT2D eigenvalue weighted by molar-refractivity contribution is 7.11. The fraction of sp³-hybridized carbons (Fsp3) is 0.435. The smallest absolute Gasteiger partial charge is 0.338 e. The van der Waals surface area contributed by atoms with Crippen molar-refractivity contribution >= 4 is 34.7 Å². The van der Waals surface area contributed by atoms with Gasteiger partial charge in [0.2, 0.25) is 0 Å². The zero-order valence-corrected chi connectivity index (χ0v) is 19.8. The number of ether oxygens (including phenoxy) is 2. The Hall–Kier alpha value is -2.33. The summed E-state index contributed by atoms with van der Waals surface area (Å²) in [5.74, 6) is 0.0465. The minimum atomic E-state index is -0.960. The lowest BCUT2D eigenvalue weighted by molar-refractivity contribution is -0.136. The molecule has 1 aromatic carbocycles. The maximum Gasteiger partial charge on any atom is 0.338 e. The summed E-state index contributed by atoms with van der Waals surface area (Å²) in [5, 5.41) is 6.38. The van der Waals surface area contributed by atoms with E-state index in [4.69, 9.17) is 26.1 Å².